The molecule has 2 saturated heterocycles. The molecule has 0 unspecified atom stereocenters. The number of aromatic nitrogens is 1. The van der Waals surface area contributed by atoms with E-state index in [4.69, 9.17) is 4.74 Å². The van der Waals surface area contributed by atoms with Crippen LogP contribution in [0.1, 0.15) is 23.2 Å². The summed E-state index contributed by atoms with van der Waals surface area (Å²) in [6, 6.07) is 9.50. The predicted octanol–water partition coefficient (Wildman–Crippen LogP) is 1.08. The molecule has 7 heteroatoms. The Morgan fingerprint density at radius 3 is 2.57 bits per heavy atom. The molecular formula is C23H29N3O4. The van der Waals surface area contributed by atoms with Crippen molar-refractivity contribution in [3.63, 3.8) is 0 Å². The van der Waals surface area contributed by atoms with Gasteiger partial charge in [0.2, 0.25) is 0 Å². The molecule has 7 nitrogen and oxygen atoms in total. The van der Waals surface area contributed by atoms with Crippen molar-refractivity contribution in [1.29, 1.82) is 0 Å². The molecule has 1 amide bonds. The molecule has 1 aromatic heterocycles. The number of fused-ring (bicyclic) bond motifs is 2. The summed E-state index contributed by atoms with van der Waals surface area (Å²) in [5.41, 5.74) is 0.811. The zero-order valence-electron chi connectivity index (χ0n) is 17.4. The van der Waals surface area contributed by atoms with Gasteiger partial charge < -0.3 is 19.3 Å². The monoisotopic (exact) mass is 411 g/mol. The summed E-state index contributed by atoms with van der Waals surface area (Å²) in [7, 11) is 1.72. The fraction of sp³-hybridized carbons (Fsp3) is 0.565. The summed E-state index contributed by atoms with van der Waals surface area (Å²) in [6.07, 6.45) is 1.24. The van der Waals surface area contributed by atoms with Crippen molar-refractivity contribution in [3.05, 3.63) is 46.2 Å². The van der Waals surface area contributed by atoms with Crippen molar-refractivity contribution in [2.45, 2.75) is 25.0 Å². The van der Waals surface area contributed by atoms with Gasteiger partial charge in [0.15, 0.2) is 0 Å². The van der Waals surface area contributed by atoms with E-state index in [1.807, 2.05) is 29.2 Å². The summed E-state index contributed by atoms with van der Waals surface area (Å²) >= 11 is 0. The molecular weight excluding hydrogens is 382 g/mol. The highest BCUT2D eigenvalue weighted by atomic mass is 16.5. The van der Waals surface area contributed by atoms with Gasteiger partial charge in [0.05, 0.1) is 24.8 Å². The number of aliphatic hydroxyl groups excluding tert-OH is 1. The molecule has 2 aromatic rings. The van der Waals surface area contributed by atoms with Crippen molar-refractivity contribution >= 4 is 16.8 Å². The van der Waals surface area contributed by atoms with Gasteiger partial charge in [0.1, 0.15) is 5.56 Å². The molecule has 3 heterocycles. The number of morpholine rings is 1. The van der Waals surface area contributed by atoms with Crippen molar-refractivity contribution in [2.75, 3.05) is 39.4 Å². The number of hydrogen-bond acceptors (Lipinski definition) is 5. The maximum absolute atomic E-state index is 13.3. The Labute approximate surface area is 175 Å². The number of ether oxygens (including phenoxy) is 1. The Morgan fingerprint density at radius 2 is 1.80 bits per heavy atom. The first kappa shape index (κ1) is 19.7. The van der Waals surface area contributed by atoms with E-state index in [0.717, 1.165) is 30.4 Å². The molecule has 3 fully saturated rings. The second kappa shape index (κ2) is 7.80. The average Bonchev–Trinajstić information content (AvgIpc) is 3.18. The summed E-state index contributed by atoms with van der Waals surface area (Å²) < 4.78 is 7.01. The number of benzene rings is 1. The minimum Gasteiger partial charge on any atom is -0.391 e. The Kier molecular flexibility index (Phi) is 5.13. The Morgan fingerprint density at radius 1 is 1.10 bits per heavy atom. The molecule has 1 N–H and O–H groups in total. The predicted molar refractivity (Wildman–Crippen MR) is 113 cm³/mol. The van der Waals surface area contributed by atoms with Gasteiger partial charge in [-0.3, -0.25) is 14.5 Å². The quantitative estimate of drug-likeness (QED) is 0.801. The van der Waals surface area contributed by atoms with Crippen LogP contribution in [-0.2, 0) is 11.8 Å². The van der Waals surface area contributed by atoms with E-state index in [9.17, 15) is 14.7 Å². The Balaban J connectivity index is 1.36. The summed E-state index contributed by atoms with van der Waals surface area (Å²) in [5, 5.41) is 11.7. The van der Waals surface area contributed by atoms with Crippen molar-refractivity contribution in [3.8, 4) is 0 Å². The van der Waals surface area contributed by atoms with Crippen LogP contribution in [0.25, 0.3) is 10.9 Å². The minimum absolute atomic E-state index is 0.138. The molecule has 2 aliphatic heterocycles. The van der Waals surface area contributed by atoms with E-state index in [2.05, 4.69) is 4.90 Å². The van der Waals surface area contributed by atoms with Crippen molar-refractivity contribution < 1.29 is 14.6 Å². The number of rotatable bonds is 2. The van der Waals surface area contributed by atoms with E-state index in [-0.39, 0.29) is 29.2 Å². The smallest absolute Gasteiger partial charge is 0.263 e. The Bertz CT molecular complexity index is 1010. The van der Waals surface area contributed by atoms with Gasteiger partial charge in [-0.2, -0.15) is 0 Å². The van der Waals surface area contributed by atoms with Crippen LogP contribution in [0.15, 0.2) is 35.1 Å². The van der Waals surface area contributed by atoms with Crippen LogP contribution in [-0.4, -0.2) is 76.9 Å². The number of hydrogen-bond donors (Lipinski definition) is 1. The maximum atomic E-state index is 13.3. The second-order valence-electron chi connectivity index (χ2n) is 8.97. The van der Waals surface area contributed by atoms with Gasteiger partial charge in [0.25, 0.3) is 11.5 Å². The number of nitrogens with zero attached hydrogens (tertiary/aromatic N) is 3. The van der Waals surface area contributed by atoms with Crippen LogP contribution in [0.3, 0.4) is 0 Å². The third-order valence-electron chi connectivity index (χ3n) is 7.27. The molecule has 0 bridgehead atoms. The number of para-hydroxylation sites is 1. The van der Waals surface area contributed by atoms with E-state index in [1.165, 1.54) is 0 Å². The number of carbonyl (C=O) groups is 1. The zero-order chi connectivity index (χ0) is 20.8. The first-order valence-corrected chi connectivity index (χ1v) is 10.9. The van der Waals surface area contributed by atoms with Crippen LogP contribution >= 0.6 is 0 Å². The second-order valence-corrected chi connectivity index (χ2v) is 8.97. The molecule has 5 rings (SSSR count). The number of likely N-dealkylation sites (tertiary alicyclic amines) is 1. The minimum atomic E-state index is -0.368. The van der Waals surface area contributed by atoms with Crippen LogP contribution in [0.4, 0.5) is 0 Å². The summed E-state index contributed by atoms with van der Waals surface area (Å²) in [5.74, 6) is 0.480. The highest BCUT2D eigenvalue weighted by molar-refractivity contribution is 5.97. The number of aryl methyl sites for hydroxylation is 1. The van der Waals surface area contributed by atoms with Gasteiger partial charge in [-0.1, -0.05) is 18.2 Å². The van der Waals surface area contributed by atoms with E-state index in [1.54, 1.807) is 17.7 Å². The molecule has 4 atom stereocenters. The van der Waals surface area contributed by atoms with Crippen LogP contribution in [0, 0.1) is 11.8 Å². The Hall–Kier alpha value is -2.22. The molecule has 0 spiro atoms. The lowest BCUT2D eigenvalue weighted by atomic mass is 9.77. The van der Waals surface area contributed by atoms with Crippen molar-refractivity contribution in [2.24, 2.45) is 18.9 Å². The lowest BCUT2D eigenvalue weighted by Crippen LogP contribution is -2.53. The first-order chi connectivity index (χ1) is 14.5. The van der Waals surface area contributed by atoms with Crippen LogP contribution in [0.2, 0.25) is 0 Å². The number of pyridine rings is 1. The van der Waals surface area contributed by atoms with E-state index >= 15 is 0 Å². The molecule has 1 aliphatic carbocycles. The SMILES string of the molecule is Cn1c(=O)c(C(=O)N2C[C@H]3C[C@@H](N4CCOCC4)[C@H](O)C[C@H]3C2)cc2ccccc21. The largest absolute Gasteiger partial charge is 0.391 e. The van der Waals surface area contributed by atoms with Gasteiger partial charge >= 0.3 is 0 Å². The van der Waals surface area contributed by atoms with Crippen molar-refractivity contribution in [1.82, 2.24) is 14.4 Å². The maximum Gasteiger partial charge on any atom is 0.263 e. The highest BCUT2D eigenvalue weighted by Crippen LogP contribution is 2.38. The van der Waals surface area contributed by atoms with Gasteiger partial charge in [-0.05, 0) is 42.2 Å². The van der Waals surface area contributed by atoms with Gasteiger partial charge in [-0.25, -0.2) is 0 Å². The topological polar surface area (TPSA) is 75.0 Å². The molecule has 3 aliphatic rings. The van der Waals surface area contributed by atoms with Crippen LogP contribution < -0.4 is 5.56 Å². The standard InChI is InChI=1S/C23H29N3O4/c1-24-19-5-3-2-4-15(19)10-18(22(24)28)23(29)26-13-16-11-20(21(27)12-17(16)14-26)25-6-8-30-9-7-25/h2-5,10,16-17,20-21,27H,6-9,11-14H2,1H3/t16-,17+,20-,21-/m1/s1. The number of carbonyl (C=O) groups excluding carboxylic acids is 1. The number of amides is 1. The summed E-state index contributed by atoms with van der Waals surface area (Å²) in [6.45, 7) is 4.42. The molecule has 30 heavy (non-hydrogen) atoms. The lowest BCUT2D eigenvalue weighted by Gasteiger charge is -2.43. The normalized spacial score (nSPS) is 29.9. The fourth-order valence-electron chi connectivity index (χ4n) is 5.62. The molecule has 0 radical (unpaired) electrons. The van der Waals surface area contributed by atoms with E-state index in [0.29, 0.717) is 44.6 Å². The molecule has 1 saturated carbocycles. The third kappa shape index (κ3) is 3.35. The average molecular weight is 412 g/mol. The summed E-state index contributed by atoms with van der Waals surface area (Å²) in [4.78, 5) is 30.3. The lowest BCUT2D eigenvalue weighted by molar-refractivity contribution is -0.0520. The zero-order valence-corrected chi connectivity index (χ0v) is 17.4. The number of aliphatic hydroxyl groups is 1. The third-order valence-corrected chi connectivity index (χ3v) is 7.27. The van der Waals surface area contributed by atoms with Gasteiger partial charge in [0, 0.05) is 39.3 Å². The highest BCUT2D eigenvalue weighted by Gasteiger charge is 2.45. The molecule has 160 valence electrons. The van der Waals surface area contributed by atoms with E-state index < -0.39 is 0 Å². The van der Waals surface area contributed by atoms with Crippen LogP contribution in [0.5, 0.6) is 0 Å². The molecule has 1 aromatic carbocycles. The fourth-order valence-corrected chi connectivity index (χ4v) is 5.62. The first-order valence-electron chi connectivity index (χ1n) is 10.9. The van der Waals surface area contributed by atoms with Gasteiger partial charge in [-0.15, -0.1) is 0 Å².